The monoisotopic (exact) mass is 145 g/mol. The summed E-state index contributed by atoms with van der Waals surface area (Å²) in [4.78, 5) is 0.565. The van der Waals surface area contributed by atoms with E-state index in [-0.39, 0.29) is 0 Å². The third-order valence-corrected chi connectivity index (χ3v) is 1.51. The highest BCUT2D eigenvalue weighted by Gasteiger charge is 2.00. The lowest BCUT2D eigenvalue weighted by Crippen LogP contribution is -2.31. The molecule has 3 heteroatoms. The molecule has 0 aliphatic heterocycles. The van der Waals surface area contributed by atoms with Crippen LogP contribution in [0.5, 0.6) is 0 Å². The molecule has 53 valence electrons. The first-order chi connectivity index (χ1) is 5.38. The maximum absolute atomic E-state index is 11.0. The van der Waals surface area contributed by atoms with E-state index in [0.29, 0.717) is 10.4 Å². The topological polar surface area (TPSA) is 39.8 Å². The van der Waals surface area contributed by atoms with E-state index >= 15 is 0 Å². The first kappa shape index (κ1) is 6.09. The molecule has 0 atom stereocenters. The Bertz CT molecular complexity index is 381. The van der Waals surface area contributed by atoms with Gasteiger partial charge >= 0.3 is 0 Å². The molecule has 11 heavy (non-hydrogen) atoms. The van der Waals surface area contributed by atoms with Crippen LogP contribution in [0.3, 0.4) is 0 Å². The molecule has 0 fully saturated rings. The number of hydrogen-bond acceptors (Lipinski definition) is 2. The van der Waals surface area contributed by atoms with Crippen molar-refractivity contribution in [3.63, 3.8) is 0 Å². The lowest BCUT2D eigenvalue weighted by molar-refractivity contribution is -0.643. The molecule has 1 heterocycles. The fourth-order valence-electron chi connectivity index (χ4n) is 0.989. The molecule has 0 aliphatic carbocycles. The van der Waals surface area contributed by atoms with Gasteiger partial charge in [0.15, 0.2) is 6.20 Å². The van der Waals surface area contributed by atoms with Gasteiger partial charge in [0, 0.05) is 11.2 Å². The second-order valence-corrected chi connectivity index (χ2v) is 2.21. The molecule has 0 aliphatic rings. The zero-order valence-corrected chi connectivity index (χ0v) is 5.69. The van der Waals surface area contributed by atoms with Gasteiger partial charge in [-0.25, -0.2) is 0 Å². The molecule has 0 amide bonds. The zero-order valence-electron chi connectivity index (χ0n) is 5.69. The van der Waals surface area contributed by atoms with Gasteiger partial charge in [0.1, 0.15) is 0 Å². The number of nitrogens with zero attached hydrogens (tertiary/aromatic N) is 2. The molecule has 0 spiro atoms. The second kappa shape index (κ2) is 2.20. The van der Waals surface area contributed by atoms with Crippen molar-refractivity contribution in [1.29, 1.82) is 0 Å². The van der Waals surface area contributed by atoms with Gasteiger partial charge in [-0.05, 0) is 17.0 Å². The normalized spacial score (nSPS) is 10.2. The SMILES string of the molecule is [O-][n+]1n[c]cc2ccccc21. The molecule has 0 bridgehead atoms. The quantitative estimate of drug-likeness (QED) is 0.403. The summed E-state index contributed by atoms with van der Waals surface area (Å²) in [6.07, 6.45) is 2.50. The fraction of sp³-hybridized carbons (Fsp3) is 0. The highest BCUT2D eigenvalue weighted by atomic mass is 16.5. The van der Waals surface area contributed by atoms with Crippen LogP contribution in [0.15, 0.2) is 30.3 Å². The molecule has 1 aromatic carbocycles. The van der Waals surface area contributed by atoms with E-state index in [1.165, 1.54) is 0 Å². The van der Waals surface area contributed by atoms with Gasteiger partial charge in [0.05, 0.1) is 5.39 Å². The summed E-state index contributed by atoms with van der Waals surface area (Å²) in [7, 11) is 0. The Kier molecular flexibility index (Phi) is 1.22. The van der Waals surface area contributed by atoms with Crippen molar-refractivity contribution < 1.29 is 4.85 Å². The molecule has 0 unspecified atom stereocenters. The molecular formula is C8H5N2O. The van der Waals surface area contributed by atoms with Gasteiger partial charge in [-0.3, -0.25) is 0 Å². The lowest BCUT2D eigenvalue weighted by Gasteiger charge is -1.94. The Morgan fingerprint density at radius 3 is 3.00 bits per heavy atom. The first-order valence-corrected chi connectivity index (χ1v) is 3.23. The third kappa shape index (κ3) is 0.902. The summed E-state index contributed by atoms with van der Waals surface area (Å²) in [5.74, 6) is 0. The standard InChI is InChI=1S/C8H5N2O/c11-10-8-4-2-1-3-7(8)5-6-9-10/h1-5H. The van der Waals surface area contributed by atoms with Gasteiger partial charge < -0.3 is 5.21 Å². The van der Waals surface area contributed by atoms with Crippen molar-refractivity contribution in [1.82, 2.24) is 5.10 Å². The molecule has 3 nitrogen and oxygen atoms in total. The minimum absolute atomic E-state index is 0.565. The predicted molar refractivity (Wildman–Crippen MR) is 39.5 cm³/mol. The summed E-state index contributed by atoms with van der Waals surface area (Å²) in [6.45, 7) is 0. The van der Waals surface area contributed by atoms with Crippen molar-refractivity contribution >= 4 is 10.9 Å². The maximum Gasteiger partial charge on any atom is 0.252 e. The van der Waals surface area contributed by atoms with Crippen LogP contribution in [0.1, 0.15) is 0 Å². The summed E-state index contributed by atoms with van der Waals surface area (Å²) in [5, 5.41) is 15.3. The van der Waals surface area contributed by atoms with Crippen LogP contribution >= 0.6 is 0 Å². The molecule has 0 N–H and O–H groups in total. The van der Waals surface area contributed by atoms with Crippen LogP contribution in [0, 0.1) is 11.4 Å². The average molecular weight is 145 g/mol. The molecule has 1 aromatic heterocycles. The van der Waals surface area contributed by atoms with Gasteiger partial charge in [-0.2, -0.15) is 0 Å². The van der Waals surface area contributed by atoms with Crippen molar-refractivity contribution in [2.45, 2.75) is 0 Å². The Hall–Kier alpha value is -1.64. The lowest BCUT2D eigenvalue weighted by atomic mass is 10.2. The van der Waals surface area contributed by atoms with Crippen LogP contribution in [0.25, 0.3) is 10.9 Å². The summed E-state index contributed by atoms with van der Waals surface area (Å²) >= 11 is 0. The van der Waals surface area contributed by atoms with E-state index in [0.717, 1.165) is 5.39 Å². The number of rotatable bonds is 0. The van der Waals surface area contributed by atoms with Crippen LogP contribution in [0.4, 0.5) is 0 Å². The number of benzene rings is 1. The van der Waals surface area contributed by atoms with E-state index in [9.17, 15) is 5.21 Å². The van der Waals surface area contributed by atoms with Crippen molar-refractivity contribution in [3.8, 4) is 0 Å². The molecule has 0 saturated carbocycles. The number of aromatic nitrogens is 2. The predicted octanol–water partition coefficient (Wildman–Crippen LogP) is 0.668. The van der Waals surface area contributed by atoms with Gasteiger partial charge in [0.25, 0.3) is 5.52 Å². The summed E-state index contributed by atoms with van der Waals surface area (Å²) in [5.41, 5.74) is 0.575. The van der Waals surface area contributed by atoms with Gasteiger partial charge in [0.2, 0.25) is 0 Å². The molecule has 0 saturated heterocycles. The number of fused-ring (bicyclic) bond motifs is 1. The van der Waals surface area contributed by atoms with E-state index in [1.54, 1.807) is 18.2 Å². The molecular weight excluding hydrogens is 140 g/mol. The zero-order chi connectivity index (χ0) is 7.68. The second-order valence-electron chi connectivity index (χ2n) is 2.21. The van der Waals surface area contributed by atoms with E-state index < -0.39 is 0 Å². The highest BCUT2D eigenvalue weighted by Crippen LogP contribution is 2.05. The molecule has 2 aromatic rings. The van der Waals surface area contributed by atoms with Gasteiger partial charge in [-0.1, -0.05) is 12.1 Å². The minimum atomic E-state index is 0.565. The Balaban J connectivity index is 2.91. The minimum Gasteiger partial charge on any atom is -0.594 e. The van der Waals surface area contributed by atoms with Gasteiger partial charge in [-0.15, -0.1) is 0 Å². The van der Waals surface area contributed by atoms with Crippen LogP contribution in [-0.2, 0) is 0 Å². The van der Waals surface area contributed by atoms with E-state index in [1.807, 2.05) is 12.1 Å². The van der Waals surface area contributed by atoms with Crippen molar-refractivity contribution in [2.75, 3.05) is 0 Å². The summed E-state index contributed by atoms with van der Waals surface area (Å²) in [6, 6.07) is 8.93. The van der Waals surface area contributed by atoms with E-state index in [2.05, 4.69) is 11.3 Å². The highest BCUT2D eigenvalue weighted by molar-refractivity contribution is 5.74. The van der Waals surface area contributed by atoms with Crippen LogP contribution in [-0.4, -0.2) is 5.10 Å². The maximum atomic E-state index is 11.0. The van der Waals surface area contributed by atoms with Crippen LogP contribution < -0.4 is 4.85 Å². The van der Waals surface area contributed by atoms with Crippen molar-refractivity contribution in [2.24, 2.45) is 0 Å². The average Bonchev–Trinajstić information content (AvgIpc) is 2.06. The third-order valence-electron chi connectivity index (χ3n) is 1.51. The smallest absolute Gasteiger partial charge is 0.252 e. The largest absolute Gasteiger partial charge is 0.594 e. The Morgan fingerprint density at radius 1 is 1.36 bits per heavy atom. The Labute approximate surface area is 63.5 Å². The molecule has 1 radical (unpaired) electrons. The van der Waals surface area contributed by atoms with Crippen LogP contribution in [0.2, 0.25) is 0 Å². The first-order valence-electron chi connectivity index (χ1n) is 3.23. The number of para-hydroxylation sites is 1. The van der Waals surface area contributed by atoms with Crippen molar-refractivity contribution in [3.05, 3.63) is 41.7 Å². The number of hydrogen-bond donors (Lipinski definition) is 0. The fourth-order valence-corrected chi connectivity index (χ4v) is 0.989. The summed E-state index contributed by atoms with van der Waals surface area (Å²) < 4.78 is 0. The Morgan fingerprint density at radius 2 is 2.18 bits per heavy atom. The molecule has 2 rings (SSSR count). The van der Waals surface area contributed by atoms with E-state index in [4.69, 9.17) is 0 Å².